The standard InChI is InChI=1S/C19H14N2O7/c1-27-16-10-12(8-9-21(25)26)6-7-15(16)28-17(22)11-20-18(23)13-4-2-3-5-14(13)19(20)24/h2-10H,11H2,1H3/b9-8+. The second kappa shape index (κ2) is 7.70. The van der Waals surface area contributed by atoms with Gasteiger partial charge in [-0.2, -0.15) is 0 Å². The maximum atomic E-state index is 12.3. The van der Waals surface area contributed by atoms with Crippen LogP contribution in [0.15, 0.2) is 48.7 Å². The summed E-state index contributed by atoms with van der Waals surface area (Å²) in [6, 6.07) is 10.6. The van der Waals surface area contributed by atoms with E-state index < -0.39 is 29.3 Å². The van der Waals surface area contributed by atoms with Crippen molar-refractivity contribution in [3.05, 3.63) is 75.5 Å². The van der Waals surface area contributed by atoms with Gasteiger partial charge in [0.1, 0.15) is 6.54 Å². The number of amides is 2. The summed E-state index contributed by atoms with van der Waals surface area (Å²) >= 11 is 0. The minimum atomic E-state index is -0.832. The van der Waals surface area contributed by atoms with Crippen LogP contribution in [0.5, 0.6) is 11.5 Å². The molecule has 0 saturated heterocycles. The van der Waals surface area contributed by atoms with Gasteiger partial charge in [-0.15, -0.1) is 0 Å². The van der Waals surface area contributed by atoms with Crippen LogP contribution in [-0.2, 0) is 4.79 Å². The number of imide groups is 1. The van der Waals surface area contributed by atoms with Gasteiger partial charge in [-0.1, -0.05) is 18.2 Å². The molecule has 0 fully saturated rings. The van der Waals surface area contributed by atoms with E-state index in [4.69, 9.17) is 9.47 Å². The van der Waals surface area contributed by atoms with E-state index in [9.17, 15) is 24.5 Å². The first kappa shape index (κ1) is 18.8. The maximum absolute atomic E-state index is 12.3. The smallest absolute Gasteiger partial charge is 0.331 e. The zero-order valence-electron chi connectivity index (χ0n) is 14.7. The van der Waals surface area contributed by atoms with Crippen LogP contribution in [0.1, 0.15) is 26.3 Å². The fourth-order valence-electron chi connectivity index (χ4n) is 2.69. The van der Waals surface area contributed by atoms with Gasteiger partial charge in [0.05, 0.1) is 23.2 Å². The van der Waals surface area contributed by atoms with Crippen molar-refractivity contribution in [3.63, 3.8) is 0 Å². The molecule has 0 bridgehead atoms. The van der Waals surface area contributed by atoms with E-state index >= 15 is 0 Å². The predicted octanol–water partition coefficient (Wildman–Crippen LogP) is 2.14. The van der Waals surface area contributed by atoms with Crippen molar-refractivity contribution >= 4 is 23.9 Å². The fourth-order valence-corrected chi connectivity index (χ4v) is 2.69. The van der Waals surface area contributed by atoms with Gasteiger partial charge in [-0.05, 0) is 29.8 Å². The molecular formula is C19H14N2O7. The summed E-state index contributed by atoms with van der Waals surface area (Å²) in [7, 11) is 1.35. The molecule has 9 heteroatoms. The molecule has 0 saturated carbocycles. The Morgan fingerprint density at radius 2 is 1.75 bits per heavy atom. The summed E-state index contributed by atoms with van der Waals surface area (Å²) in [5.41, 5.74) is 0.938. The molecule has 0 aromatic heterocycles. The van der Waals surface area contributed by atoms with Crippen molar-refractivity contribution < 1.29 is 28.8 Å². The molecule has 3 rings (SSSR count). The number of hydrogen-bond donors (Lipinski definition) is 0. The van der Waals surface area contributed by atoms with Crippen molar-refractivity contribution in [2.75, 3.05) is 13.7 Å². The van der Waals surface area contributed by atoms with Gasteiger partial charge < -0.3 is 9.47 Å². The van der Waals surface area contributed by atoms with Crippen LogP contribution in [0.3, 0.4) is 0 Å². The Labute approximate surface area is 158 Å². The Kier molecular flexibility index (Phi) is 5.16. The third kappa shape index (κ3) is 3.73. The quantitative estimate of drug-likeness (QED) is 0.247. The van der Waals surface area contributed by atoms with E-state index in [2.05, 4.69) is 0 Å². The molecule has 0 aliphatic carbocycles. The van der Waals surface area contributed by atoms with Gasteiger partial charge in [-0.3, -0.25) is 24.6 Å². The molecule has 2 aromatic rings. The lowest BCUT2D eigenvalue weighted by Crippen LogP contribution is -2.36. The summed E-state index contributed by atoms with van der Waals surface area (Å²) in [5.74, 6) is -1.74. The largest absolute Gasteiger partial charge is 0.493 e. The molecule has 1 aliphatic rings. The predicted molar refractivity (Wildman–Crippen MR) is 96.5 cm³/mol. The number of ether oxygens (including phenoxy) is 2. The zero-order chi connectivity index (χ0) is 20.3. The molecule has 1 heterocycles. The molecule has 1 aliphatic heterocycles. The number of esters is 1. The monoisotopic (exact) mass is 382 g/mol. The van der Waals surface area contributed by atoms with Gasteiger partial charge >= 0.3 is 5.97 Å². The molecule has 142 valence electrons. The minimum Gasteiger partial charge on any atom is -0.493 e. The van der Waals surface area contributed by atoms with E-state index in [0.717, 1.165) is 11.1 Å². The molecule has 2 aromatic carbocycles. The molecule has 9 nitrogen and oxygen atoms in total. The topological polar surface area (TPSA) is 116 Å². The summed E-state index contributed by atoms with van der Waals surface area (Å²) in [6.07, 6.45) is 2.02. The fraction of sp³-hybridized carbons (Fsp3) is 0.105. The van der Waals surface area contributed by atoms with Crippen LogP contribution >= 0.6 is 0 Å². The molecule has 0 unspecified atom stereocenters. The van der Waals surface area contributed by atoms with E-state index in [1.807, 2.05) is 0 Å². The van der Waals surface area contributed by atoms with E-state index in [0.29, 0.717) is 5.56 Å². The molecule has 2 amide bonds. The average molecular weight is 382 g/mol. The number of carbonyl (C=O) groups excluding carboxylic acids is 3. The third-order valence-electron chi connectivity index (χ3n) is 3.97. The van der Waals surface area contributed by atoms with Crippen molar-refractivity contribution in [1.29, 1.82) is 0 Å². The molecule has 0 N–H and O–H groups in total. The van der Waals surface area contributed by atoms with Crippen molar-refractivity contribution in [1.82, 2.24) is 4.90 Å². The molecule has 28 heavy (non-hydrogen) atoms. The number of fused-ring (bicyclic) bond motifs is 1. The second-order valence-electron chi connectivity index (χ2n) is 5.73. The number of hydrogen-bond acceptors (Lipinski definition) is 7. The first-order valence-electron chi connectivity index (χ1n) is 8.06. The number of benzene rings is 2. The second-order valence-corrected chi connectivity index (χ2v) is 5.73. The Morgan fingerprint density at radius 3 is 2.32 bits per heavy atom. The van der Waals surface area contributed by atoms with Gasteiger partial charge in [-0.25, -0.2) is 4.79 Å². The Bertz CT molecular complexity index is 978. The lowest BCUT2D eigenvalue weighted by Gasteiger charge is -2.14. The van der Waals surface area contributed by atoms with Crippen molar-refractivity contribution in [2.45, 2.75) is 0 Å². The SMILES string of the molecule is COc1cc(/C=C/[N+](=O)[O-])ccc1OC(=O)CN1C(=O)c2ccccc2C1=O. The van der Waals surface area contributed by atoms with Crippen LogP contribution in [0.4, 0.5) is 0 Å². The average Bonchev–Trinajstić information content (AvgIpc) is 2.92. The number of carbonyl (C=O) groups is 3. The highest BCUT2D eigenvalue weighted by atomic mass is 16.6. The lowest BCUT2D eigenvalue weighted by molar-refractivity contribution is -0.400. The highest BCUT2D eigenvalue weighted by Gasteiger charge is 2.36. The van der Waals surface area contributed by atoms with Gasteiger partial charge in [0.15, 0.2) is 11.5 Å². The molecule has 0 spiro atoms. The Balaban J connectivity index is 1.73. The Hall–Kier alpha value is -4.01. The van der Waals surface area contributed by atoms with Crippen molar-refractivity contribution in [2.24, 2.45) is 0 Å². The van der Waals surface area contributed by atoms with Crippen LogP contribution in [-0.4, -0.2) is 41.3 Å². The summed E-state index contributed by atoms with van der Waals surface area (Å²) in [6.45, 7) is -0.557. The molecular weight excluding hydrogens is 368 g/mol. The van der Waals surface area contributed by atoms with Gasteiger partial charge in [0, 0.05) is 6.08 Å². The highest BCUT2D eigenvalue weighted by molar-refractivity contribution is 6.22. The van der Waals surface area contributed by atoms with E-state index in [-0.39, 0.29) is 22.6 Å². The van der Waals surface area contributed by atoms with Crippen LogP contribution < -0.4 is 9.47 Å². The summed E-state index contributed by atoms with van der Waals surface area (Å²) in [4.78, 5) is 47.5. The number of rotatable bonds is 6. The number of nitro groups is 1. The van der Waals surface area contributed by atoms with Gasteiger partial charge in [0.2, 0.25) is 6.20 Å². The molecule has 0 radical (unpaired) electrons. The van der Waals surface area contributed by atoms with Crippen LogP contribution in [0, 0.1) is 10.1 Å². The Morgan fingerprint density at radius 1 is 1.11 bits per heavy atom. The van der Waals surface area contributed by atoms with Gasteiger partial charge in [0.25, 0.3) is 11.8 Å². The first-order valence-corrected chi connectivity index (χ1v) is 8.06. The van der Waals surface area contributed by atoms with Crippen LogP contribution in [0.25, 0.3) is 6.08 Å². The summed E-state index contributed by atoms with van der Waals surface area (Å²) in [5, 5.41) is 10.4. The maximum Gasteiger partial charge on any atom is 0.331 e. The normalized spacial score (nSPS) is 13.0. The third-order valence-corrected chi connectivity index (χ3v) is 3.97. The van der Waals surface area contributed by atoms with Crippen molar-refractivity contribution in [3.8, 4) is 11.5 Å². The number of methoxy groups -OCH3 is 1. The van der Waals surface area contributed by atoms with E-state index in [1.54, 1.807) is 12.1 Å². The number of nitrogens with zero attached hydrogens (tertiary/aromatic N) is 2. The van der Waals surface area contributed by atoms with E-state index in [1.165, 1.54) is 43.5 Å². The van der Waals surface area contributed by atoms with Crippen LogP contribution in [0.2, 0.25) is 0 Å². The highest BCUT2D eigenvalue weighted by Crippen LogP contribution is 2.29. The minimum absolute atomic E-state index is 0.0577. The lowest BCUT2D eigenvalue weighted by atomic mass is 10.1. The first-order chi connectivity index (χ1) is 13.4. The summed E-state index contributed by atoms with van der Waals surface area (Å²) < 4.78 is 10.3. The zero-order valence-corrected chi connectivity index (χ0v) is 14.7. The molecule has 0 atom stereocenters.